The maximum atomic E-state index is 13.7. The molecule has 8 heteroatoms. The molecule has 0 aromatic heterocycles. The second-order valence-corrected chi connectivity index (χ2v) is 5.68. The summed E-state index contributed by atoms with van der Waals surface area (Å²) < 4.78 is 18.6. The first kappa shape index (κ1) is 16.9. The third-order valence-electron chi connectivity index (χ3n) is 3.55. The summed E-state index contributed by atoms with van der Waals surface area (Å²) in [6.07, 6.45) is 0. The molecule has 1 aliphatic rings. The molecule has 0 saturated heterocycles. The molecular weight excluding hydrogens is 351 g/mol. The number of carbonyl (C=O) groups is 3. The van der Waals surface area contributed by atoms with E-state index in [4.69, 9.17) is 16.3 Å². The summed E-state index contributed by atoms with van der Waals surface area (Å²) in [5, 5.41) is 2.79. The van der Waals surface area contributed by atoms with Crippen LogP contribution in [0.4, 0.5) is 15.8 Å². The Balaban J connectivity index is 1.71. The molecule has 1 heterocycles. The number of halogens is 2. The van der Waals surface area contributed by atoms with Crippen LogP contribution in [-0.2, 0) is 14.3 Å². The fourth-order valence-electron chi connectivity index (χ4n) is 2.39. The smallest absolute Gasteiger partial charge is 0.341 e. The van der Waals surface area contributed by atoms with Gasteiger partial charge in [0.25, 0.3) is 5.91 Å². The molecule has 2 amide bonds. The maximum Gasteiger partial charge on any atom is 0.341 e. The molecule has 0 saturated carbocycles. The lowest BCUT2D eigenvalue weighted by Crippen LogP contribution is -2.44. The third kappa shape index (κ3) is 3.61. The topological polar surface area (TPSA) is 75.7 Å². The molecule has 3 rings (SSSR count). The number of hydrogen-bond acceptors (Lipinski definition) is 4. The summed E-state index contributed by atoms with van der Waals surface area (Å²) in [7, 11) is 0. The van der Waals surface area contributed by atoms with Crippen LogP contribution in [-0.4, -0.2) is 30.9 Å². The molecule has 0 unspecified atom stereocenters. The van der Waals surface area contributed by atoms with Crippen molar-refractivity contribution in [2.45, 2.75) is 0 Å². The quantitative estimate of drug-likeness (QED) is 0.852. The van der Waals surface area contributed by atoms with E-state index in [2.05, 4.69) is 5.32 Å². The highest BCUT2D eigenvalue weighted by Gasteiger charge is 2.27. The highest BCUT2D eigenvalue weighted by Crippen LogP contribution is 2.28. The van der Waals surface area contributed by atoms with Crippen LogP contribution >= 0.6 is 11.6 Å². The van der Waals surface area contributed by atoms with E-state index in [1.807, 2.05) is 0 Å². The average molecular weight is 363 g/mol. The number of esters is 1. The molecule has 1 N–H and O–H groups in total. The number of nitrogens with zero attached hydrogens (tertiary/aromatic N) is 1. The molecule has 128 valence electrons. The van der Waals surface area contributed by atoms with Crippen LogP contribution < -0.4 is 10.2 Å². The summed E-state index contributed by atoms with van der Waals surface area (Å²) in [6.45, 7) is -0.814. The van der Waals surface area contributed by atoms with Crippen LogP contribution in [0.3, 0.4) is 0 Å². The Bertz CT molecular complexity index is 871. The van der Waals surface area contributed by atoms with E-state index in [1.54, 1.807) is 24.3 Å². The van der Waals surface area contributed by atoms with Crippen molar-refractivity contribution in [2.75, 3.05) is 23.4 Å². The zero-order valence-corrected chi connectivity index (χ0v) is 13.5. The number of fused-ring (bicyclic) bond motifs is 1. The number of hydrogen-bond donors (Lipinski definition) is 1. The molecule has 0 atom stereocenters. The standard InChI is InChI=1S/C17H12ClFN2O4/c18-10-5-6-11(12(19)7-10)17(24)25-9-16(23)21-8-15(22)20-13-3-1-2-4-14(13)21/h1-7H,8-9H2,(H,20,22). The van der Waals surface area contributed by atoms with Crippen molar-refractivity contribution in [1.82, 2.24) is 0 Å². The van der Waals surface area contributed by atoms with Gasteiger partial charge in [-0.1, -0.05) is 23.7 Å². The molecule has 0 fully saturated rings. The lowest BCUT2D eigenvalue weighted by Gasteiger charge is -2.28. The summed E-state index contributed by atoms with van der Waals surface area (Å²) in [4.78, 5) is 37.2. The minimum absolute atomic E-state index is 0.140. The molecule has 25 heavy (non-hydrogen) atoms. The van der Waals surface area contributed by atoms with Crippen LogP contribution in [0.15, 0.2) is 42.5 Å². The first-order valence-corrected chi connectivity index (χ1v) is 7.65. The SMILES string of the molecule is O=C1CN(C(=O)COC(=O)c2ccc(Cl)cc2F)c2ccccc2N1. The number of amides is 2. The molecule has 2 aromatic carbocycles. The molecular formula is C17H12ClFN2O4. The van der Waals surface area contributed by atoms with Crippen molar-refractivity contribution < 1.29 is 23.5 Å². The maximum absolute atomic E-state index is 13.7. The fraction of sp³-hybridized carbons (Fsp3) is 0.118. The Morgan fingerprint density at radius 3 is 2.76 bits per heavy atom. The van der Waals surface area contributed by atoms with Gasteiger partial charge in [0, 0.05) is 5.02 Å². The predicted molar refractivity (Wildman–Crippen MR) is 89.1 cm³/mol. The van der Waals surface area contributed by atoms with Gasteiger partial charge in [-0.05, 0) is 30.3 Å². The van der Waals surface area contributed by atoms with Gasteiger partial charge in [0.2, 0.25) is 5.91 Å². The summed E-state index contributed by atoms with van der Waals surface area (Å²) >= 11 is 5.62. The molecule has 0 radical (unpaired) electrons. The normalized spacial score (nSPS) is 13.0. The van der Waals surface area contributed by atoms with E-state index in [-0.39, 0.29) is 23.0 Å². The van der Waals surface area contributed by atoms with E-state index >= 15 is 0 Å². The second-order valence-electron chi connectivity index (χ2n) is 5.25. The van der Waals surface area contributed by atoms with Crippen LogP contribution in [0, 0.1) is 5.82 Å². The minimum Gasteiger partial charge on any atom is -0.452 e. The van der Waals surface area contributed by atoms with E-state index in [9.17, 15) is 18.8 Å². The van der Waals surface area contributed by atoms with Gasteiger partial charge in [-0.15, -0.1) is 0 Å². The van der Waals surface area contributed by atoms with Crippen LogP contribution in [0.2, 0.25) is 5.02 Å². The first-order chi connectivity index (χ1) is 12.0. The second kappa shape index (κ2) is 6.90. The largest absolute Gasteiger partial charge is 0.452 e. The van der Waals surface area contributed by atoms with Gasteiger partial charge in [-0.25, -0.2) is 9.18 Å². The molecule has 6 nitrogen and oxygen atoms in total. The van der Waals surface area contributed by atoms with E-state index in [0.717, 1.165) is 6.07 Å². The minimum atomic E-state index is -0.989. The van der Waals surface area contributed by atoms with Gasteiger partial charge >= 0.3 is 5.97 Å². The molecule has 2 aromatic rings. The average Bonchev–Trinajstić information content (AvgIpc) is 2.58. The summed E-state index contributed by atoms with van der Waals surface area (Å²) in [6, 6.07) is 10.2. The van der Waals surface area contributed by atoms with Crippen molar-refractivity contribution in [2.24, 2.45) is 0 Å². The van der Waals surface area contributed by atoms with Gasteiger partial charge in [-0.2, -0.15) is 0 Å². The Hall–Kier alpha value is -2.93. The Morgan fingerprint density at radius 2 is 2.00 bits per heavy atom. The number of carbonyl (C=O) groups excluding carboxylic acids is 3. The van der Waals surface area contributed by atoms with Crippen molar-refractivity contribution in [1.29, 1.82) is 0 Å². The van der Waals surface area contributed by atoms with Crippen molar-refractivity contribution >= 4 is 40.8 Å². The number of anilines is 2. The fourth-order valence-corrected chi connectivity index (χ4v) is 2.55. The molecule has 0 spiro atoms. The first-order valence-electron chi connectivity index (χ1n) is 7.27. The Labute approximate surface area is 147 Å². The van der Waals surface area contributed by atoms with Gasteiger partial charge in [0.15, 0.2) is 6.61 Å². The number of ether oxygens (including phenoxy) is 1. The van der Waals surface area contributed by atoms with Gasteiger partial charge in [0.05, 0.1) is 16.9 Å². The number of benzene rings is 2. The monoisotopic (exact) mass is 362 g/mol. The van der Waals surface area contributed by atoms with Crippen molar-refractivity contribution in [3.8, 4) is 0 Å². The van der Waals surface area contributed by atoms with Gasteiger partial charge in [0.1, 0.15) is 12.4 Å². The van der Waals surface area contributed by atoms with Crippen molar-refractivity contribution in [3.05, 3.63) is 58.9 Å². The highest BCUT2D eigenvalue weighted by molar-refractivity contribution is 6.30. The van der Waals surface area contributed by atoms with Gasteiger partial charge in [-0.3, -0.25) is 14.5 Å². The van der Waals surface area contributed by atoms with Crippen molar-refractivity contribution in [3.63, 3.8) is 0 Å². The molecule has 1 aliphatic heterocycles. The Morgan fingerprint density at radius 1 is 1.24 bits per heavy atom. The predicted octanol–water partition coefficient (Wildman–Crippen LogP) is 2.62. The van der Waals surface area contributed by atoms with E-state index in [0.29, 0.717) is 11.4 Å². The Kier molecular flexibility index (Phi) is 4.67. The number of para-hydroxylation sites is 2. The summed E-state index contributed by atoms with van der Waals surface area (Å²) in [5.41, 5.74) is 0.664. The lowest BCUT2D eigenvalue weighted by atomic mass is 10.2. The number of rotatable bonds is 3. The number of nitrogens with one attached hydrogen (secondary N) is 1. The van der Waals surface area contributed by atoms with Gasteiger partial charge < -0.3 is 10.1 Å². The highest BCUT2D eigenvalue weighted by atomic mass is 35.5. The van der Waals surface area contributed by atoms with E-state index < -0.39 is 24.3 Å². The lowest BCUT2D eigenvalue weighted by molar-refractivity contribution is -0.124. The molecule has 0 aliphatic carbocycles. The summed E-state index contributed by atoms with van der Waals surface area (Å²) in [5.74, 6) is -2.78. The zero-order chi connectivity index (χ0) is 18.0. The zero-order valence-electron chi connectivity index (χ0n) is 12.8. The van der Waals surface area contributed by atoms with E-state index in [1.165, 1.54) is 17.0 Å². The van der Waals surface area contributed by atoms with Crippen LogP contribution in [0.1, 0.15) is 10.4 Å². The van der Waals surface area contributed by atoms with Crippen LogP contribution in [0.25, 0.3) is 0 Å². The third-order valence-corrected chi connectivity index (χ3v) is 3.78. The van der Waals surface area contributed by atoms with Crippen LogP contribution in [0.5, 0.6) is 0 Å². The molecule has 0 bridgehead atoms.